The maximum atomic E-state index is 13.0. The molecule has 0 aromatic heterocycles. The monoisotopic (exact) mass is 768 g/mol. The first-order valence-corrected chi connectivity index (χ1v) is 19.1. The van der Waals surface area contributed by atoms with Gasteiger partial charge >= 0.3 is 5.97 Å². The molecule has 56 heavy (non-hydrogen) atoms. The van der Waals surface area contributed by atoms with Crippen molar-refractivity contribution in [1.29, 1.82) is 0 Å². The number of aromatic hydroxyl groups is 1. The van der Waals surface area contributed by atoms with Crippen LogP contribution in [-0.2, 0) is 9.59 Å². The molecule has 0 amide bonds. The van der Waals surface area contributed by atoms with Gasteiger partial charge in [0.2, 0.25) is 0 Å². The number of Topliss-reactive ketones (excluding diaryl/α,β-unsaturated/α-hetero) is 1. The van der Waals surface area contributed by atoms with E-state index < -0.39 is 5.92 Å². The minimum Gasteiger partial charge on any atom is -0.507 e. The lowest BCUT2D eigenvalue weighted by atomic mass is 9.84. The van der Waals surface area contributed by atoms with Crippen LogP contribution in [0.3, 0.4) is 0 Å². The van der Waals surface area contributed by atoms with Crippen LogP contribution in [0.2, 0.25) is 0 Å². The average Bonchev–Trinajstić information content (AvgIpc) is 3.16. The summed E-state index contributed by atoms with van der Waals surface area (Å²) < 4.78 is 16.4. The lowest BCUT2D eigenvalue weighted by Gasteiger charge is -2.24. The average molecular weight is 769 g/mol. The molecule has 0 spiro atoms. The number of phenols is 1. The summed E-state index contributed by atoms with van der Waals surface area (Å²) in [6.45, 7) is 24.5. The molecule has 1 N–H and O–H groups in total. The van der Waals surface area contributed by atoms with E-state index in [-0.39, 0.29) is 35.6 Å². The van der Waals surface area contributed by atoms with Gasteiger partial charge in [0, 0.05) is 17.5 Å². The fourth-order valence-corrected chi connectivity index (χ4v) is 7.23. The number of hydrogen-bond donors (Lipinski definition) is 1. The maximum Gasteiger partial charge on any atom is 0.322 e. The first-order chi connectivity index (χ1) is 26.4. The van der Waals surface area contributed by atoms with Crippen LogP contribution in [0.25, 0.3) is 0 Å². The van der Waals surface area contributed by atoms with Gasteiger partial charge in [-0.15, -0.1) is 0 Å². The molecule has 9 nitrogen and oxygen atoms in total. The van der Waals surface area contributed by atoms with Crippen molar-refractivity contribution in [1.82, 2.24) is 0 Å². The summed E-state index contributed by atoms with van der Waals surface area (Å²) in [5, 5.41) is 10.5. The number of benzene rings is 3. The normalized spacial score (nSPS) is 13.8. The molecule has 3 aromatic rings. The Balaban J connectivity index is 0.000000371. The van der Waals surface area contributed by atoms with Crippen molar-refractivity contribution in [3.63, 3.8) is 0 Å². The molecule has 0 heterocycles. The van der Waals surface area contributed by atoms with Gasteiger partial charge in [-0.2, -0.15) is 0 Å². The second-order valence-electron chi connectivity index (χ2n) is 14.2. The number of ether oxygens (including phenoxy) is 3. The number of hydrogen-bond acceptors (Lipinski definition) is 9. The number of aldehydes is 2. The van der Waals surface area contributed by atoms with Crippen molar-refractivity contribution >= 4 is 30.1 Å². The Morgan fingerprint density at radius 2 is 1.30 bits per heavy atom. The van der Waals surface area contributed by atoms with E-state index in [1.807, 2.05) is 75.3 Å². The standard InChI is InChI=1S/C23H28O5.C22H26O4.C2H6/c1-12(17-10-21(28-7)18(11-24)15(4)14(17)3)8-19(25)22-13(2)9-20(27-6)16(5)23(22)26;1-7-8-17-10-18(24)9-12(2)20(17)22(25)26-21-15(5)13(3)19(11-23)14(4)16(21)6;1-2/h9-12,26H,8H2,1-7H3;9-11,20H,7-8H2,1-6H3;1-2H3. The third-order valence-electron chi connectivity index (χ3n) is 10.7. The van der Waals surface area contributed by atoms with E-state index in [1.165, 1.54) is 20.3 Å². The lowest BCUT2D eigenvalue weighted by Crippen LogP contribution is -2.27. The summed E-state index contributed by atoms with van der Waals surface area (Å²) in [5.41, 5.74) is 10.2. The molecule has 1 aliphatic rings. The summed E-state index contributed by atoms with van der Waals surface area (Å²) in [6, 6.07) is 3.60. The number of carbonyl (C=O) groups excluding carboxylic acids is 5. The van der Waals surface area contributed by atoms with Crippen molar-refractivity contribution in [3.05, 3.63) is 102 Å². The molecule has 3 aromatic carbocycles. The van der Waals surface area contributed by atoms with Crippen LogP contribution in [0.5, 0.6) is 23.0 Å². The van der Waals surface area contributed by atoms with E-state index in [0.717, 1.165) is 63.5 Å². The largest absolute Gasteiger partial charge is 0.507 e. The lowest BCUT2D eigenvalue weighted by molar-refractivity contribution is -0.136. The number of methoxy groups -OCH3 is 2. The number of allylic oxidation sites excluding steroid dienone is 2. The molecule has 2 unspecified atom stereocenters. The zero-order valence-electron chi connectivity index (χ0n) is 36.0. The number of aryl methyl sites for hydroxylation is 1. The van der Waals surface area contributed by atoms with E-state index in [0.29, 0.717) is 57.1 Å². The predicted octanol–water partition coefficient (Wildman–Crippen LogP) is 10.4. The van der Waals surface area contributed by atoms with Gasteiger partial charge in [0.15, 0.2) is 24.1 Å². The van der Waals surface area contributed by atoms with Crippen LogP contribution < -0.4 is 14.2 Å². The highest BCUT2D eigenvalue weighted by Crippen LogP contribution is 2.38. The summed E-state index contributed by atoms with van der Waals surface area (Å²) >= 11 is 0. The quantitative estimate of drug-likeness (QED) is 0.0827. The zero-order chi connectivity index (χ0) is 42.8. The first kappa shape index (κ1) is 46.8. The SMILES string of the molecule is CC.CCCC1=CC(=O)C=C(C)C1C(=O)Oc1c(C)c(C)c(C=O)c(C)c1C.COc1cc(C)c(C(=O)CC(C)c2cc(OC)c(C=O)c(C)c2C)c(O)c1C. The molecule has 0 bridgehead atoms. The Morgan fingerprint density at radius 1 is 0.768 bits per heavy atom. The molecule has 302 valence electrons. The molecule has 0 aliphatic heterocycles. The van der Waals surface area contributed by atoms with Gasteiger partial charge in [0.05, 0.1) is 31.3 Å². The van der Waals surface area contributed by atoms with Crippen LogP contribution in [0.1, 0.15) is 141 Å². The van der Waals surface area contributed by atoms with Gasteiger partial charge in [-0.3, -0.25) is 24.0 Å². The van der Waals surface area contributed by atoms with Gasteiger partial charge < -0.3 is 19.3 Å². The molecule has 9 heteroatoms. The summed E-state index contributed by atoms with van der Waals surface area (Å²) in [4.78, 5) is 60.5. The van der Waals surface area contributed by atoms with Crippen molar-refractivity contribution in [2.45, 2.75) is 115 Å². The Morgan fingerprint density at radius 3 is 1.80 bits per heavy atom. The molecule has 1 aliphatic carbocycles. The van der Waals surface area contributed by atoms with Gasteiger partial charge in [-0.1, -0.05) is 39.7 Å². The van der Waals surface area contributed by atoms with Crippen molar-refractivity contribution in [3.8, 4) is 23.0 Å². The zero-order valence-corrected chi connectivity index (χ0v) is 36.0. The van der Waals surface area contributed by atoms with Crippen LogP contribution >= 0.6 is 0 Å². The highest BCUT2D eigenvalue weighted by Gasteiger charge is 2.31. The molecular formula is C47H60O9. The first-order valence-electron chi connectivity index (χ1n) is 19.1. The minimum atomic E-state index is -0.530. The van der Waals surface area contributed by atoms with E-state index >= 15 is 0 Å². The van der Waals surface area contributed by atoms with Crippen molar-refractivity contribution in [2.24, 2.45) is 5.92 Å². The van der Waals surface area contributed by atoms with E-state index in [9.17, 15) is 29.1 Å². The highest BCUT2D eigenvalue weighted by molar-refractivity contribution is 6.04. The summed E-state index contributed by atoms with van der Waals surface area (Å²) in [7, 11) is 3.06. The smallest absolute Gasteiger partial charge is 0.322 e. The summed E-state index contributed by atoms with van der Waals surface area (Å²) in [5.74, 6) is 0.307. The molecule has 0 radical (unpaired) electrons. The summed E-state index contributed by atoms with van der Waals surface area (Å²) in [6.07, 6.45) is 6.44. The number of ketones is 2. The van der Waals surface area contributed by atoms with Gasteiger partial charge in [-0.05, 0) is 149 Å². The van der Waals surface area contributed by atoms with Crippen LogP contribution in [-0.4, -0.2) is 49.4 Å². The molecule has 0 saturated heterocycles. The van der Waals surface area contributed by atoms with Crippen LogP contribution in [0.15, 0.2) is 35.4 Å². The van der Waals surface area contributed by atoms with E-state index in [1.54, 1.807) is 32.9 Å². The molecule has 0 saturated carbocycles. The molecule has 0 fully saturated rings. The maximum absolute atomic E-state index is 13.0. The van der Waals surface area contributed by atoms with Crippen molar-refractivity contribution in [2.75, 3.05) is 14.2 Å². The van der Waals surface area contributed by atoms with Crippen molar-refractivity contribution < 1.29 is 43.3 Å². The second kappa shape index (κ2) is 20.6. The minimum absolute atomic E-state index is 0.0316. The Kier molecular flexibility index (Phi) is 17.2. The topological polar surface area (TPSA) is 133 Å². The Bertz CT molecular complexity index is 2030. The Hall–Kier alpha value is -5.31. The van der Waals surface area contributed by atoms with Gasteiger partial charge in [0.25, 0.3) is 0 Å². The predicted molar refractivity (Wildman–Crippen MR) is 222 cm³/mol. The number of carbonyl (C=O) groups is 5. The van der Waals surface area contributed by atoms with Crippen LogP contribution in [0.4, 0.5) is 0 Å². The third kappa shape index (κ3) is 9.91. The fraction of sp³-hybridized carbons (Fsp3) is 0.426. The Labute approximate surface area is 333 Å². The van der Waals surface area contributed by atoms with E-state index in [4.69, 9.17) is 14.2 Å². The van der Waals surface area contributed by atoms with E-state index in [2.05, 4.69) is 0 Å². The van der Waals surface area contributed by atoms with Crippen LogP contribution in [0, 0.1) is 61.3 Å². The number of phenolic OH excluding ortho intramolecular Hbond substituents is 1. The number of rotatable bonds is 12. The fourth-order valence-electron chi connectivity index (χ4n) is 7.23. The highest BCUT2D eigenvalue weighted by atomic mass is 16.5. The second-order valence-corrected chi connectivity index (χ2v) is 14.2. The third-order valence-corrected chi connectivity index (χ3v) is 10.7. The molecular weight excluding hydrogens is 709 g/mol. The molecule has 4 rings (SSSR count). The van der Waals surface area contributed by atoms with Gasteiger partial charge in [-0.25, -0.2) is 0 Å². The van der Waals surface area contributed by atoms with Gasteiger partial charge in [0.1, 0.15) is 23.0 Å². The molecule has 2 atom stereocenters. The number of esters is 1.